The van der Waals surface area contributed by atoms with Gasteiger partial charge in [-0.2, -0.15) is 0 Å². The normalized spacial score (nSPS) is 15.8. The molecule has 0 spiro atoms. The van der Waals surface area contributed by atoms with Gasteiger partial charge in [-0.3, -0.25) is 0 Å². The lowest BCUT2D eigenvalue weighted by molar-refractivity contribution is 0.0599. The highest BCUT2D eigenvalue weighted by Crippen LogP contribution is 2.31. The molecule has 0 radical (unpaired) electrons. The number of rotatable bonds is 8. The summed E-state index contributed by atoms with van der Waals surface area (Å²) in [6.45, 7) is 10.4. The monoisotopic (exact) mass is 387 g/mol. The number of aryl methyl sites for hydroxylation is 1. The van der Waals surface area contributed by atoms with Gasteiger partial charge in [0, 0.05) is 29.2 Å². The molecule has 1 aromatic heterocycles. The molecule has 3 rings (SSSR count). The average molecular weight is 388 g/mol. The van der Waals surface area contributed by atoms with Crippen LogP contribution in [0.3, 0.4) is 0 Å². The van der Waals surface area contributed by atoms with Crippen LogP contribution in [0.5, 0.6) is 0 Å². The first kappa shape index (κ1) is 21.0. The van der Waals surface area contributed by atoms with Gasteiger partial charge in [-0.25, -0.2) is 0 Å². The van der Waals surface area contributed by atoms with E-state index in [1.807, 2.05) is 6.08 Å². The van der Waals surface area contributed by atoms with Crippen molar-refractivity contribution in [2.75, 3.05) is 0 Å². The minimum Gasteiger partial charge on any atom is -0.491 e. The van der Waals surface area contributed by atoms with Crippen LogP contribution in [0.15, 0.2) is 60.9 Å². The second kappa shape index (κ2) is 9.65. The van der Waals surface area contributed by atoms with E-state index in [1.54, 1.807) is 0 Å². The van der Waals surface area contributed by atoms with Gasteiger partial charge in [-0.05, 0) is 68.9 Å². The molecule has 1 fully saturated rings. The summed E-state index contributed by atoms with van der Waals surface area (Å²) in [7, 11) is 2.14. The molecule has 1 aliphatic carbocycles. The summed E-state index contributed by atoms with van der Waals surface area (Å²) in [5.41, 5.74) is 6.14. The number of allylic oxidation sites excluding steroid dienone is 6. The Labute approximate surface area is 175 Å². The fraction of sp³-hybridized carbons (Fsp3) is 0.333. The predicted molar refractivity (Wildman–Crippen MR) is 128 cm³/mol. The van der Waals surface area contributed by atoms with Gasteiger partial charge < -0.3 is 9.30 Å². The van der Waals surface area contributed by atoms with E-state index in [4.69, 9.17) is 4.74 Å². The Balaban J connectivity index is 1.94. The Hall–Kier alpha value is -2.74. The Morgan fingerprint density at radius 3 is 2.62 bits per heavy atom. The highest BCUT2D eigenvalue weighted by molar-refractivity contribution is 5.96. The van der Waals surface area contributed by atoms with Crippen LogP contribution < -0.4 is 0 Å². The Bertz CT molecular complexity index is 993. The Morgan fingerprint density at radius 1 is 1.21 bits per heavy atom. The van der Waals surface area contributed by atoms with Crippen molar-refractivity contribution < 1.29 is 4.74 Å². The molecule has 29 heavy (non-hydrogen) atoms. The standard InChI is InChI=1S/C27H33NO/c1-6-9-14-24-25-18-17-22(19-27(25)28(5)26(24)11-7-2)21(8-3)16-15-20(4)29-23-12-10-13-23/h7-9,11,14-19,23H,4,6,10,12-13H2,1-3,5H3/b11-7-,14-9+,16-15-,21-8+. The summed E-state index contributed by atoms with van der Waals surface area (Å²) in [5, 5.41) is 1.28. The number of hydrogen-bond acceptors (Lipinski definition) is 1. The van der Waals surface area contributed by atoms with Gasteiger partial charge >= 0.3 is 0 Å². The first-order valence-corrected chi connectivity index (χ1v) is 10.7. The number of fused-ring (bicyclic) bond motifs is 1. The van der Waals surface area contributed by atoms with Crippen LogP contribution in [-0.2, 0) is 11.8 Å². The van der Waals surface area contributed by atoms with Gasteiger partial charge in [-0.15, -0.1) is 0 Å². The van der Waals surface area contributed by atoms with E-state index >= 15 is 0 Å². The average Bonchev–Trinajstić information content (AvgIpc) is 2.95. The zero-order chi connectivity index (χ0) is 20.8. The molecule has 0 aliphatic heterocycles. The molecule has 1 aromatic carbocycles. The van der Waals surface area contributed by atoms with Crippen LogP contribution in [0.2, 0.25) is 0 Å². The van der Waals surface area contributed by atoms with Gasteiger partial charge in [0.05, 0.1) is 6.10 Å². The summed E-state index contributed by atoms with van der Waals surface area (Å²) in [5.74, 6) is 0.747. The maximum absolute atomic E-state index is 5.86. The van der Waals surface area contributed by atoms with Crippen molar-refractivity contribution in [1.82, 2.24) is 4.57 Å². The molecular weight excluding hydrogens is 354 g/mol. The fourth-order valence-electron chi connectivity index (χ4n) is 3.72. The molecule has 0 saturated heterocycles. The molecule has 1 aliphatic rings. The van der Waals surface area contributed by atoms with Gasteiger partial charge in [0.15, 0.2) is 0 Å². The second-order valence-corrected chi connectivity index (χ2v) is 7.61. The van der Waals surface area contributed by atoms with Crippen LogP contribution in [0.4, 0.5) is 0 Å². The number of nitrogens with zero attached hydrogens (tertiary/aromatic N) is 1. The van der Waals surface area contributed by atoms with Gasteiger partial charge in [0.1, 0.15) is 5.76 Å². The number of ether oxygens (including phenoxy) is 1. The number of aromatic nitrogens is 1. The lowest BCUT2D eigenvalue weighted by Gasteiger charge is -2.26. The van der Waals surface area contributed by atoms with Crippen molar-refractivity contribution in [1.29, 1.82) is 0 Å². The maximum atomic E-state index is 5.86. The molecule has 152 valence electrons. The summed E-state index contributed by atoms with van der Waals surface area (Å²) < 4.78 is 8.14. The Morgan fingerprint density at radius 2 is 2.00 bits per heavy atom. The van der Waals surface area contributed by atoms with E-state index in [1.165, 1.54) is 39.7 Å². The van der Waals surface area contributed by atoms with E-state index in [-0.39, 0.29) is 0 Å². The van der Waals surface area contributed by atoms with E-state index in [9.17, 15) is 0 Å². The topological polar surface area (TPSA) is 14.2 Å². The number of benzene rings is 1. The SMILES string of the molecule is C=C(/C=C\C(=C/C)c1ccc2c(/C=C/CC)c(/C=C\C)n(C)c2c1)OC1CCC1. The van der Waals surface area contributed by atoms with Crippen molar-refractivity contribution in [3.63, 3.8) is 0 Å². The molecule has 1 saturated carbocycles. The van der Waals surface area contributed by atoms with Crippen molar-refractivity contribution in [3.8, 4) is 0 Å². The Kier molecular flexibility index (Phi) is 6.98. The fourth-order valence-corrected chi connectivity index (χ4v) is 3.72. The molecule has 2 heteroatoms. The molecule has 0 atom stereocenters. The first-order chi connectivity index (χ1) is 14.1. The zero-order valence-electron chi connectivity index (χ0n) is 18.2. The first-order valence-electron chi connectivity index (χ1n) is 10.7. The van der Waals surface area contributed by atoms with Gasteiger partial charge in [0.25, 0.3) is 0 Å². The maximum Gasteiger partial charge on any atom is 0.112 e. The lowest BCUT2D eigenvalue weighted by Crippen LogP contribution is -2.20. The second-order valence-electron chi connectivity index (χ2n) is 7.61. The van der Waals surface area contributed by atoms with E-state index in [2.05, 4.69) is 93.6 Å². The van der Waals surface area contributed by atoms with Gasteiger partial charge in [0.2, 0.25) is 0 Å². The highest BCUT2D eigenvalue weighted by atomic mass is 16.5. The zero-order valence-corrected chi connectivity index (χ0v) is 18.2. The smallest absolute Gasteiger partial charge is 0.112 e. The predicted octanol–water partition coefficient (Wildman–Crippen LogP) is 7.68. The molecule has 0 bridgehead atoms. The van der Waals surface area contributed by atoms with Crippen LogP contribution >= 0.6 is 0 Å². The molecular formula is C27H33NO. The summed E-state index contributed by atoms with van der Waals surface area (Å²) in [6, 6.07) is 6.73. The van der Waals surface area contributed by atoms with Crippen LogP contribution in [-0.4, -0.2) is 10.7 Å². The summed E-state index contributed by atoms with van der Waals surface area (Å²) in [6.07, 6.45) is 20.0. The summed E-state index contributed by atoms with van der Waals surface area (Å²) in [4.78, 5) is 0. The third-order valence-corrected chi connectivity index (χ3v) is 5.59. The minimum atomic E-state index is 0.362. The largest absolute Gasteiger partial charge is 0.491 e. The molecule has 0 amide bonds. The lowest BCUT2D eigenvalue weighted by atomic mass is 9.96. The molecule has 1 heterocycles. The highest BCUT2D eigenvalue weighted by Gasteiger charge is 2.18. The van der Waals surface area contributed by atoms with E-state index in [0.29, 0.717) is 6.10 Å². The molecule has 0 unspecified atom stereocenters. The molecule has 0 N–H and O–H groups in total. The molecule has 2 nitrogen and oxygen atoms in total. The van der Waals surface area contributed by atoms with Crippen molar-refractivity contribution in [2.24, 2.45) is 7.05 Å². The van der Waals surface area contributed by atoms with Crippen molar-refractivity contribution in [2.45, 2.75) is 52.6 Å². The van der Waals surface area contributed by atoms with E-state index < -0.39 is 0 Å². The summed E-state index contributed by atoms with van der Waals surface area (Å²) >= 11 is 0. The van der Waals surface area contributed by atoms with E-state index in [0.717, 1.165) is 25.0 Å². The van der Waals surface area contributed by atoms with Crippen LogP contribution in [0, 0.1) is 0 Å². The minimum absolute atomic E-state index is 0.362. The van der Waals surface area contributed by atoms with Crippen LogP contribution in [0.25, 0.3) is 28.6 Å². The van der Waals surface area contributed by atoms with Crippen LogP contribution in [0.1, 0.15) is 63.3 Å². The van der Waals surface area contributed by atoms with Crippen molar-refractivity contribution in [3.05, 3.63) is 77.7 Å². The van der Waals surface area contributed by atoms with Crippen molar-refractivity contribution >= 4 is 28.6 Å². The quantitative estimate of drug-likeness (QED) is 0.335. The number of hydrogen-bond donors (Lipinski definition) is 0. The third kappa shape index (κ3) is 4.64. The molecule has 2 aromatic rings. The third-order valence-electron chi connectivity index (χ3n) is 5.59. The van der Waals surface area contributed by atoms with Gasteiger partial charge in [-0.1, -0.05) is 56.0 Å².